The van der Waals surface area contributed by atoms with Gasteiger partial charge >= 0.3 is 5.97 Å². The molecule has 0 spiro atoms. The van der Waals surface area contributed by atoms with Crippen LogP contribution >= 0.6 is 0 Å². The molecule has 0 aliphatic carbocycles. The van der Waals surface area contributed by atoms with E-state index in [1.807, 2.05) is 31.2 Å². The van der Waals surface area contributed by atoms with E-state index in [1.54, 1.807) is 0 Å². The van der Waals surface area contributed by atoms with E-state index >= 15 is 0 Å². The fraction of sp³-hybridized carbons (Fsp3) is 0.650. The van der Waals surface area contributed by atoms with Crippen molar-refractivity contribution in [2.75, 3.05) is 37.8 Å². The number of carbonyl (C=O) groups excluding carboxylic acids is 1. The first kappa shape index (κ1) is 18.2. The van der Waals surface area contributed by atoms with Crippen LogP contribution in [-0.2, 0) is 14.2 Å². The molecular formula is C20H29NO4. The van der Waals surface area contributed by atoms with E-state index in [0.717, 1.165) is 45.1 Å². The molecule has 2 aliphatic heterocycles. The second kappa shape index (κ2) is 9.20. The summed E-state index contributed by atoms with van der Waals surface area (Å²) < 4.78 is 16.3. The summed E-state index contributed by atoms with van der Waals surface area (Å²) in [5.74, 6) is 0.504. The molecule has 2 fully saturated rings. The van der Waals surface area contributed by atoms with Crippen LogP contribution in [0.5, 0.6) is 0 Å². The molecule has 1 aromatic carbocycles. The molecule has 2 heterocycles. The number of hydrogen-bond donors (Lipinski definition) is 0. The van der Waals surface area contributed by atoms with Gasteiger partial charge in [-0.25, -0.2) is 4.79 Å². The molecule has 0 N–H and O–H groups in total. The van der Waals surface area contributed by atoms with Crippen LogP contribution in [-0.4, -0.2) is 45.2 Å². The highest BCUT2D eigenvalue weighted by Gasteiger charge is 2.22. The van der Waals surface area contributed by atoms with E-state index in [-0.39, 0.29) is 12.3 Å². The number of hydrogen-bond acceptors (Lipinski definition) is 5. The Morgan fingerprint density at radius 3 is 2.44 bits per heavy atom. The number of benzene rings is 1. The number of anilines is 1. The molecule has 3 rings (SSSR count). The number of piperidine rings is 1. The highest BCUT2D eigenvalue weighted by molar-refractivity contribution is 5.89. The largest absolute Gasteiger partial charge is 0.462 e. The molecule has 0 saturated carbocycles. The van der Waals surface area contributed by atoms with E-state index < -0.39 is 0 Å². The zero-order valence-corrected chi connectivity index (χ0v) is 15.1. The second-order valence-electron chi connectivity index (χ2n) is 6.80. The normalized spacial score (nSPS) is 19.8. The summed E-state index contributed by atoms with van der Waals surface area (Å²) in [5.41, 5.74) is 1.80. The maximum atomic E-state index is 11.7. The third-order valence-electron chi connectivity index (χ3n) is 5.06. The summed E-state index contributed by atoms with van der Waals surface area (Å²) in [6.07, 6.45) is 5.63. The zero-order valence-electron chi connectivity index (χ0n) is 15.1. The zero-order chi connectivity index (χ0) is 17.5. The Balaban J connectivity index is 1.43. The van der Waals surface area contributed by atoms with Gasteiger partial charge in [-0.15, -0.1) is 0 Å². The lowest BCUT2D eigenvalue weighted by atomic mass is 9.91. The third kappa shape index (κ3) is 5.19. The molecule has 0 unspecified atom stereocenters. The Hall–Kier alpha value is -1.59. The highest BCUT2D eigenvalue weighted by Crippen LogP contribution is 2.27. The Bertz CT molecular complexity index is 531. The van der Waals surface area contributed by atoms with Gasteiger partial charge in [0, 0.05) is 18.8 Å². The van der Waals surface area contributed by atoms with Crippen molar-refractivity contribution in [2.45, 2.75) is 45.3 Å². The van der Waals surface area contributed by atoms with E-state index in [9.17, 15) is 4.79 Å². The van der Waals surface area contributed by atoms with E-state index in [2.05, 4.69) is 4.90 Å². The average Bonchev–Trinajstić information content (AvgIpc) is 2.68. The van der Waals surface area contributed by atoms with Gasteiger partial charge in [0.25, 0.3) is 0 Å². The highest BCUT2D eigenvalue weighted by atomic mass is 16.7. The Kier molecular flexibility index (Phi) is 6.70. The molecule has 25 heavy (non-hydrogen) atoms. The first-order valence-corrected chi connectivity index (χ1v) is 9.51. The SMILES string of the molecule is CCOC(=O)c1ccc(N2CCC(CCC3OCCCO3)CC2)cc1. The van der Waals surface area contributed by atoms with E-state index in [4.69, 9.17) is 14.2 Å². The van der Waals surface area contributed by atoms with Gasteiger partial charge in [-0.05, 0) is 69.2 Å². The van der Waals surface area contributed by atoms with Gasteiger partial charge in [-0.1, -0.05) is 0 Å². The van der Waals surface area contributed by atoms with Gasteiger partial charge < -0.3 is 19.1 Å². The van der Waals surface area contributed by atoms with Crippen molar-refractivity contribution >= 4 is 11.7 Å². The number of ether oxygens (including phenoxy) is 3. The fourth-order valence-electron chi connectivity index (χ4n) is 3.58. The Labute approximate surface area is 150 Å². The number of nitrogens with zero attached hydrogens (tertiary/aromatic N) is 1. The van der Waals surface area contributed by atoms with Crippen molar-refractivity contribution < 1.29 is 19.0 Å². The van der Waals surface area contributed by atoms with E-state index in [1.165, 1.54) is 24.9 Å². The van der Waals surface area contributed by atoms with Crippen LogP contribution in [0.4, 0.5) is 5.69 Å². The molecule has 5 nitrogen and oxygen atoms in total. The molecule has 138 valence electrons. The smallest absolute Gasteiger partial charge is 0.338 e. The van der Waals surface area contributed by atoms with Crippen molar-refractivity contribution in [1.82, 2.24) is 0 Å². The maximum Gasteiger partial charge on any atom is 0.338 e. The van der Waals surface area contributed by atoms with Crippen LogP contribution in [0.2, 0.25) is 0 Å². The van der Waals surface area contributed by atoms with Gasteiger partial charge in [0.1, 0.15) is 0 Å². The van der Waals surface area contributed by atoms with Crippen LogP contribution in [0.3, 0.4) is 0 Å². The minimum Gasteiger partial charge on any atom is -0.462 e. The molecule has 0 aromatic heterocycles. The minimum atomic E-state index is -0.250. The lowest BCUT2D eigenvalue weighted by Gasteiger charge is -2.34. The maximum absolute atomic E-state index is 11.7. The molecular weight excluding hydrogens is 318 g/mol. The summed E-state index contributed by atoms with van der Waals surface area (Å²) >= 11 is 0. The summed E-state index contributed by atoms with van der Waals surface area (Å²) in [4.78, 5) is 14.1. The molecule has 2 saturated heterocycles. The molecule has 0 bridgehead atoms. The Morgan fingerprint density at radius 1 is 1.12 bits per heavy atom. The van der Waals surface area contributed by atoms with Gasteiger partial charge in [-0.2, -0.15) is 0 Å². The van der Waals surface area contributed by atoms with E-state index in [0.29, 0.717) is 12.2 Å². The van der Waals surface area contributed by atoms with Crippen molar-refractivity contribution in [3.8, 4) is 0 Å². The summed E-state index contributed by atoms with van der Waals surface area (Å²) in [7, 11) is 0. The van der Waals surface area contributed by atoms with Gasteiger partial charge in [0.2, 0.25) is 0 Å². The summed E-state index contributed by atoms with van der Waals surface area (Å²) in [5, 5.41) is 0. The van der Waals surface area contributed by atoms with Crippen LogP contribution < -0.4 is 4.90 Å². The first-order chi connectivity index (χ1) is 12.3. The lowest BCUT2D eigenvalue weighted by Crippen LogP contribution is -2.34. The topological polar surface area (TPSA) is 48.0 Å². The predicted octanol–water partition coefficient (Wildman–Crippen LogP) is 3.62. The summed E-state index contributed by atoms with van der Waals surface area (Å²) in [6.45, 7) is 6.04. The molecule has 2 aliphatic rings. The van der Waals surface area contributed by atoms with Crippen LogP contribution in [0, 0.1) is 5.92 Å². The van der Waals surface area contributed by atoms with Gasteiger partial charge in [0.05, 0.1) is 25.4 Å². The standard InChI is InChI=1S/C20H29NO4/c1-2-23-20(22)17-5-7-18(8-6-17)21-12-10-16(11-13-21)4-9-19-24-14-3-15-25-19/h5-8,16,19H,2-4,9-15H2,1H3. The quantitative estimate of drug-likeness (QED) is 0.736. The monoisotopic (exact) mass is 347 g/mol. The molecule has 1 aromatic rings. The number of rotatable bonds is 6. The first-order valence-electron chi connectivity index (χ1n) is 9.51. The van der Waals surface area contributed by atoms with Gasteiger partial charge in [-0.3, -0.25) is 0 Å². The van der Waals surface area contributed by atoms with Crippen LogP contribution in [0.1, 0.15) is 49.4 Å². The summed E-state index contributed by atoms with van der Waals surface area (Å²) in [6, 6.07) is 7.76. The van der Waals surface area contributed by atoms with Crippen molar-refractivity contribution in [3.63, 3.8) is 0 Å². The number of esters is 1. The lowest BCUT2D eigenvalue weighted by molar-refractivity contribution is -0.182. The predicted molar refractivity (Wildman–Crippen MR) is 96.9 cm³/mol. The molecule has 0 radical (unpaired) electrons. The third-order valence-corrected chi connectivity index (χ3v) is 5.06. The Morgan fingerprint density at radius 2 is 1.80 bits per heavy atom. The average molecular weight is 347 g/mol. The van der Waals surface area contributed by atoms with Crippen LogP contribution in [0.25, 0.3) is 0 Å². The van der Waals surface area contributed by atoms with Crippen molar-refractivity contribution in [2.24, 2.45) is 5.92 Å². The molecule has 5 heteroatoms. The number of carbonyl (C=O) groups is 1. The van der Waals surface area contributed by atoms with Crippen molar-refractivity contribution in [1.29, 1.82) is 0 Å². The van der Waals surface area contributed by atoms with Crippen LogP contribution in [0.15, 0.2) is 24.3 Å². The fourth-order valence-corrected chi connectivity index (χ4v) is 3.58. The van der Waals surface area contributed by atoms with Crippen molar-refractivity contribution in [3.05, 3.63) is 29.8 Å². The second-order valence-corrected chi connectivity index (χ2v) is 6.80. The molecule has 0 atom stereocenters. The minimum absolute atomic E-state index is 0.0159. The molecule has 0 amide bonds. The van der Waals surface area contributed by atoms with Gasteiger partial charge in [0.15, 0.2) is 6.29 Å².